The van der Waals surface area contributed by atoms with Crippen molar-refractivity contribution in [2.45, 2.75) is 25.7 Å². The molecule has 0 spiro atoms. The molecule has 1 aliphatic rings. The predicted molar refractivity (Wildman–Crippen MR) is 67.5 cm³/mol. The fourth-order valence-corrected chi connectivity index (χ4v) is 2.05. The second-order valence-corrected chi connectivity index (χ2v) is 4.29. The minimum atomic E-state index is -0.378. The van der Waals surface area contributed by atoms with Crippen LogP contribution in [0, 0.1) is 0 Å². The molecule has 0 saturated heterocycles. The monoisotopic (exact) mass is 250 g/mol. The fraction of sp³-hybridized carbons (Fsp3) is 0.500. The fourth-order valence-electron chi connectivity index (χ4n) is 2.05. The van der Waals surface area contributed by atoms with Crippen molar-refractivity contribution in [2.24, 2.45) is 0 Å². The molecular weight excluding hydrogens is 232 g/mol. The number of hydrogen-bond donors (Lipinski definition) is 0. The molecule has 1 aromatic rings. The van der Waals surface area contributed by atoms with Crippen molar-refractivity contribution in [3.63, 3.8) is 0 Å². The molecule has 4 heteroatoms. The van der Waals surface area contributed by atoms with Crippen LogP contribution >= 0.6 is 0 Å². The van der Waals surface area contributed by atoms with Gasteiger partial charge in [0.05, 0.1) is 26.4 Å². The van der Waals surface area contributed by atoms with Crippen LogP contribution in [0.15, 0.2) is 12.1 Å². The molecule has 0 N–H and O–H groups in total. The smallest absolute Gasteiger partial charge is 0.338 e. The van der Waals surface area contributed by atoms with Crippen molar-refractivity contribution in [1.82, 2.24) is 0 Å². The van der Waals surface area contributed by atoms with Crippen LogP contribution in [-0.2, 0) is 4.74 Å². The molecule has 18 heavy (non-hydrogen) atoms. The first-order valence-corrected chi connectivity index (χ1v) is 6.14. The topological polar surface area (TPSA) is 44.8 Å². The molecule has 1 aliphatic carbocycles. The largest absolute Gasteiger partial charge is 0.496 e. The van der Waals surface area contributed by atoms with Crippen LogP contribution in [0.5, 0.6) is 11.5 Å². The standard InChI is InChI=1S/C14H18O4/c1-4-18-12-8-10(14(15)17-3)7-11(16-2)13(12)9-5-6-9/h7-9H,4-6H2,1-3H3. The highest BCUT2D eigenvalue weighted by Crippen LogP contribution is 2.49. The average molecular weight is 250 g/mol. The van der Waals surface area contributed by atoms with Crippen molar-refractivity contribution in [1.29, 1.82) is 0 Å². The van der Waals surface area contributed by atoms with E-state index in [1.165, 1.54) is 7.11 Å². The van der Waals surface area contributed by atoms with E-state index in [-0.39, 0.29) is 5.97 Å². The summed E-state index contributed by atoms with van der Waals surface area (Å²) < 4.78 is 15.7. The van der Waals surface area contributed by atoms with Gasteiger partial charge in [-0.25, -0.2) is 4.79 Å². The van der Waals surface area contributed by atoms with E-state index in [0.29, 0.717) is 23.8 Å². The Hall–Kier alpha value is -1.71. The van der Waals surface area contributed by atoms with Gasteiger partial charge in [-0.2, -0.15) is 0 Å². The average Bonchev–Trinajstić information content (AvgIpc) is 3.21. The Balaban J connectivity index is 2.47. The highest BCUT2D eigenvalue weighted by molar-refractivity contribution is 5.90. The summed E-state index contributed by atoms with van der Waals surface area (Å²) in [5, 5.41) is 0. The van der Waals surface area contributed by atoms with Crippen molar-refractivity contribution >= 4 is 5.97 Å². The lowest BCUT2D eigenvalue weighted by molar-refractivity contribution is 0.0599. The molecular formula is C14H18O4. The van der Waals surface area contributed by atoms with Crippen LogP contribution in [0.25, 0.3) is 0 Å². The summed E-state index contributed by atoms with van der Waals surface area (Å²) >= 11 is 0. The van der Waals surface area contributed by atoms with Gasteiger partial charge in [0.15, 0.2) is 0 Å². The second kappa shape index (κ2) is 5.29. The predicted octanol–water partition coefficient (Wildman–Crippen LogP) is 2.76. The molecule has 2 rings (SSSR count). The minimum absolute atomic E-state index is 0.378. The number of methoxy groups -OCH3 is 2. The lowest BCUT2D eigenvalue weighted by Crippen LogP contribution is -2.05. The Bertz CT molecular complexity index is 449. The highest BCUT2D eigenvalue weighted by Gasteiger charge is 2.31. The van der Waals surface area contributed by atoms with E-state index in [4.69, 9.17) is 14.2 Å². The van der Waals surface area contributed by atoms with Gasteiger partial charge in [-0.15, -0.1) is 0 Å². The Kier molecular flexibility index (Phi) is 3.75. The summed E-state index contributed by atoms with van der Waals surface area (Å²) in [4.78, 5) is 11.6. The molecule has 0 heterocycles. The molecule has 0 bridgehead atoms. The van der Waals surface area contributed by atoms with Crippen molar-refractivity contribution in [3.8, 4) is 11.5 Å². The van der Waals surface area contributed by atoms with Crippen molar-refractivity contribution < 1.29 is 19.0 Å². The molecule has 1 aromatic carbocycles. The first kappa shape index (κ1) is 12.7. The van der Waals surface area contributed by atoms with E-state index in [0.717, 1.165) is 24.2 Å². The first-order valence-electron chi connectivity index (χ1n) is 6.14. The van der Waals surface area contributed by atoms with Crippen LogP contribution in [0.2, 0.25) is 0 Å². The zero-order valence-electron chi connectivity index (χ0n) is 11.0. The maximum absolute atomic E-state index is 11.6. The number of benzene rings is 1. The maximum Gasteiger partial charge on any atom is 0.338 e. The molecule has 1 fully saturated rings. The zero-order valence-corrected chi connectivity index (χ0v) is 11.0. The molecule has 4 nitrogen and oxygen atoms in total. The Morgan fingerprint density at radius 3 is 2.44 bits per heavy atom. The van der Waals surface area contributed by atoms with E-state index < -0.39 is 0 Å². The van der Waals surface area contributed by atoms with Gasteiger partial charge < -0.3 is 14.2 Å². The Morgan fingerprint density at radius 1 is 1.28 bits per heavy atom. The minimum Gasteiger partial charge on any atom is -0.496 e. The zero-order chi connectivity index (χ0) is 13.1. The molecule has 0 radical (unpaired) electrons. The van der Waals surface area contributed by atoms with E-state index in [1.54, 1.807) is 19.2 Å². The van der Waals surface area contributed by atoms with Gasteiger partial charge in [0, 0.05) is 5.56 Å². The van der Waals surface area contributed by atoms with Crippen molar-refractivity contribution in [2.75, 3.05) is 20.8 Å². The third-order valence-corrected chi connectivity index (χ3v) is 3.03. The van der Waals surface area contributed by atoms with Gasteiger partial charge in [0.1, 0.15) is 11.5 Å². The molecule has 0 aromatic heterocycles. The van der Waals surface area contributed by atoms with Crippen LogP contribution in [0.4, 0.5) is 0 Å². The SMILES string of the molecule is CCOc1cc(C(=O)OC)cc(OC)c1C1CC1. The van der Waals surface area contributed by atoms with E-state index in [2.05, 4.69) is 0 Å². The molecule has 0 unspecified atom stereocenters. The van der Waals surface area contributed by atoms with E-state index in [1.807, 2.05) is 6.92 Å². The van der Waals surface area contributed by atoms with Gasteiger partial charge in [0.25, 0.3) is 0 Å². The second-order valence-electron chi connectivity index (χ2n) is 4.29. The van der Waals surface area contributed by atoms with Gasteiger partial charge in [-0.3, -0.25) is 0 Å². The molecule has 0 atom stereocenters. The molecule has 0 aliphatic heterocycles. The van der Waals surface area contributed by atoms with Crippen molar-refractivity contribution in [3.05, 3.63) is 23.3 Å². The van der Waals surface area contributed by atoms with E-state index in [9.17, 15) is 4.79 Å². The van der Waals surface area contributed by atoms with Crippen LogP contribution in [0.1, 0.15) is 41.6 Å². The number of ether oxygens (including phenoxy) is 3. The highest BCUT2D eigenvalue weighted by atomic mass is 16.5. The summed E-state index contributed by atoms with van der Waals surface area (Å²) in [6, 6.07) is 3.47. The molecule has 98 valence electrons. The number of rotatable bonds is 5. The summed E-state index contributed by atoms with van der Waals surface area (Å²) in [6.07, 6.45) is 2.29. The third kappa shape index (κ3) is 2.42. The lowest BCUT2D eigenvalue weighted by atomic mass is 10.0. The number of carbonyl (C=O) groups excluding carboxylic acids is 1. The van der Waals surface area contributed by atoms with Crippen LogP contribution in [-0.4, -0.2) is 26.8 Å². The maximum atomic E-state index is 11.6. The van der Waals surface area contributed by atoms with Gasteiger partial charge in [0.2, 0.25) is 0 Å². The summed E-state index contributed by atoms with van der Waals surface area (Å²) in [5.74, 6) is 1.56. The normalized spacial score (nSPS) is 14.2. The quantitative estimate of drug-likeness (QED) is 0.754. The summed E-state index contributed by atoms with van der Waals surface area (Å²) in [5.41, 5.74) is 1.54. The van der Waals surface area contributed by atoms with Gasteiger partial charge >= 0.3 is 5.97 Å². The van der Waals surface area contributed by atoms with Crippen LogP contribution in [0.3, 0.4) is 0 Å². The summed E-state index contributed by atoms with van der Waals surface area (Å²) in [7, 11) is 2.97. The van der Waals surface area contributed by atoms with Gasteiger partial charge in [-0.05, 0) is 37.8 Å². The number of esters is 1. The molecule has 1 saturated carbocycles. The molecule has 0 amide bonds. The lowest BCUT2D eigenvalue weighted by Gasteiger charge is -2.15. The third-order valence-electron chi connectivity index (χ3n) is 3.03. The number of carbonyl (C=O) groups is 1. The van der Waals surface area contributed by atoms with Gasteiger partial charge in [-0.1, -0.05) is 0 Å². The Morgan fingerprint density at radius 2 is 1.94 bits per heavy atom. The van der Waals surface area contributed by atoms with E-state index >= 15 is 0 Å². The Labute approximate surface area is 107 Å². The summed E-state index contributed by atoms with van der Waals surface area (Å²) in [6.45, 7) is 2.49. The first-order chi connectivity index (χ1) is 8.71. The van der Waals surface area contributed by atoms with Crippen LogP contribution < -0.4 is 9.47 Å². The number of hydrogen-bond acceptors (Lipinski definition) is 4.